The highest BCUT2D eigenvalue weighted by Gasteiger charge is 2.72. The van der Waals surface area contributed by atoms with E-state index in [-0.39, 0.29) is 12.3 Å². The van der Waals surface area contributed by atoms with Crippen molar-refractivity contribution >= 4 is 19.7 Å². The lowest BCUT2D eigenvalue weighted by Crippen LogP contribution is -2.53. The van der Waals surface area contributed by atoms with Crippen LogP contribution in [0.1, 0.15) is 25.7 Å². The van der Waals surface area contributed by atoms with E-state index in [1.807, 2.05) is 0 Å². The van der Waals surface area contributed by atoms with Crippen LogP contribution in [0.5, 0.6) is 0 Å². The fourth-order valence-electron chi connectivity index (χ4n) is 3.23. The zero-order valence-corrected chi connectivity index (χ0v) is 10.2. The van der Waals surface area contributed by atoms with Crippen LogP contribution in [-0.2, 0) is 9.05 Å². The average Bonchev–Trinajstić information content (AvgIpc) is 2.73. The van der Waals surface area contributed by atoms with Crippen LogP contribution in [-0.4, -0.2) is 19.6 Å². The predicted molar refractivity (Wildman–Crippen MR) is 53.6 cm³/mol. The Morgan fingerprint density at radius 2 is 1.65 bits per heavy atom. The Balaban J connectivity index is 2.43. The molecule has 2 aliphatic rings. The van der Waals surface area contributed by atoms with E-state index in [1.54, 1.807) is 0 Å². The Bertz CT molecular complexity index is 421. The lowest BCUT2D eigenvalue weighted by molar-refractivity contribution is -0.217. The van der Waals surface area contributed by atoms with Gasteiger partial charge < -0.3 is 0 Å². The highest BCUT2D eigenvalue weighted by molar-refractivity contribution is 8.14. The van der Waals surface area contributed by atoms with Crippen molar-refractivity contribution in [2.24, 2.45) is 17.8 Å². The molecule has 0 spiro atoms. The lowest BCUT2D eigenvalue weighted by atomic mass is 9.84. The van der Waals surface area contributed by atoms with Crippen molar-refractivity contribution < 1.29 is 26.0 Å². The van der Waals surface area contributed by atoms with E-state index in [0.717, 1.165) is 6.42 Å². The van der Waals surface area contributed by atoms with Crippen molar-refractivity contribution in [1.82, 2.24) is 0 Å². The van der Waals surface area contributed by atoms with Gasteiger partial charge >= 0.3 is 11.2 Å². The third-order valence-electron chi connectivity index (χ3n) is 3.96. The third-order valence-corrected chi connectivity index (χ3v) is 5.87. The molecule has 2 bridgehead atoms. The summed E-state index contributed by atoms with van der Waals surface area (Å²) in [4.78, 5) is 0. The van der Waals surface area contributed by atoms with E-state index in [9.17, 15) is 26.0 Å². The largest absolute Gasteiger partial charge is 0.438 e. The molecule has 2 rings (SSSR count). The van der Waals surface area contributed by atoms with E-state index in [4.69, 9.17) is 10.7 Å². The van der Waals surface area contributed by atoms with Crippen LogP contribution in [0.3, 0.4) is 0 Å². The molecule has 0 amide bonds. The molecule has 0 radical (unpaired) electrons. The lowest BCUT2D eigenvalue weighted by Gasteiger charge is -2.35. The van der Waals surface area contributed by atoms with Crippen LogP contribution < -0.4 is 0 Å². The summed E-state index contributed by atoms with van der Waals surface area (Å²) in [6, 6.07) is 0. The Morgan fingerprint density at radius 3 is 1.94 bits per heavy atom. The molecule has 0 heterocycles. The van der Waals surface area contributed by atoms with E-state index < -0.39 is 32.1 Å². The van der Waals surface area contributed by atoms with E-state index >= 15 is 0 Å². The van der Waals surface area contributed by atoms with E-state index in [1.165, 1.54) is 0 Å². The maximum absolute atomic E-state index is 14.1. The molecule has 0 aliphatic heterocycles. The quantitative estimate of drug-likeness (QED) is 0.579. The first-order valence-electron chi connectivity index (χ1n) is 5.27. The standard InChI is InChI=1S/C9H11ClF4O2S/c10-17(15,16)8(11,9(12,13)14)7-4-5-1-2-6(7)3-5/h5-7H,1-4H2. The molecule has 2 nitrogen and oxygen atoms in total. The topological polar surface area (TPSA) is 34.1 Å². The highest BCUT2D eigenvalue weighted by atomic mass is 35.7. The molecule has 8 heteroatoms. The van der Waals surface area contributed by atoms with Crippen LogP contribution in [0, 0.1) is 17.8 Å². The summed E-state index contributed by atoms with van der Waals surface area (Å²) >= 11 is 0. The molecule has 0 saturated heterocycles. The van der Waals surface area contributed by atoms with Crippen molar-refractivity contribution in [1.29, 1.82) is 0 Å². The molecule has 4 unspecified atom stereocenters. The summed E-state index contributed by atoms with van der Waals surface area (Å²) < 4.78 is 74.4. The van der Waals surface area contributed by atoms with Gasteiger partial charge in [0.25, 0.3) is 9.05 Å². The minimum Gasteiger partial charge on any atom is -0.214 e. The molecule has 17 heavy (non-hydrogen) atoms. The zero-order valence-electron chi connectivity index (χ0n) is 8.68. The van der Waals surface area contributed by atoms with Crippen LogP contribution in [0.4, 0.5) is 17.6 Å². The summed E-state index contributed by atoms with van der Waals surface area (Å²) in [7, 11) is -0.628. The fourth-order valence-corrected chi connectivity index (χ4v) is 4.76. The van der Waals surface area contributed by atoms with E-state index in [0.29, 0.717) is 12.8 Å². The van der Waals surface area contributed by atoms with Crippen LogP contribution in [0.2, 0.25) is 0 Å². The second kappa shape index (κ2) is 3.73. The zero-order chi connectivity index (χ0) is 13.1. The Kier molecular flexibility index (Phi) is 2.94. The Labute approximate surface area is 101 Å². The van der Waals surface area contributed by atoms with Crippen LogP contribution >= 0.6 is 10.7 Å². The molecule has 2 fully saturated rings. The second-order valence-corrected chi connectivity index (χ2v) is 7.55. The van der Waals surface area contributed by atoms with Crippen LogP contribution in [0.15, 0.2) is 0 Å². The normalized spacial score (nSPS) is 37.1. The summed E-state index contributed by atoms with van der Waals surface area (Å²) in [5.74, 6) is -2.08. The summed E-state index contributed by atoms with van der Waals surface area (Å²) in [5.41, 5.74) is 0. The smallest absolute Gasteiger partial charge is 0.214 e. The van der Waals surface area contributed by atoms with Gasteiger partial charge in [0.2, 0.25) is 0 Å². The van der Waals surface area contributed by atoms with Gasteiger partial charge in [-0.1, -0.05) is 6.42 Å². The number of alkyl halides is 4. The van der Waals surface area contributed by atoms with Gasteiger partial charge in [-0.25, -0.2) is 12.8 Å². The number of rotatable bonds is 2. The second-order valence-electron chi connectivity index (χ2n) is 4.86. The maximum atomic E-state index is 14.1. The summed E-state index contributed by atoms with van der Waals surface area (Å²) in [6.45, 7) is 0. The van der Waals surface area contributed by atoms with Gasteiger partial charge in [-0.3, -0.25) is 0 Å². The van der Waals surface area contributed by atoms with Crippen LogP contribution in [0.25, 0.3) is 0 Å². The first-order valence-corrected chi connectivity index (χ1v) is 7.58. The van der Waals surface area contributed by atoms with Crippen molar-refractivity contribution in [2.45, 2.75) is 36.9 Å². The van der Waals surface area contributed by atoms with E-state index in [2.05, 4.69) is 0 Å². The van der Waals surface area contributed by atoms with Gasteiger partial charge in [-0.2, -0.15) is 13.2 Å². The van der Waals surface area contributed by atoms with Crippen molar-refractivity contribution in [3.05, 3.63) is 0 Å². The monoisotopic (exact) mass is 294 g/mol. The average molecular weight is 295 g/mol. The third kappa shape index (κ3) is 1.85. The number of fused-ring (bicyclic) bond motifs is 2. The maximum Gasteiger partial charge on any atom is 0.438 e. The molecule has 4 atom stereocenters. The van der Waals surface area contributed by atoms with Crippen molar-refractivity contribution in [2.75, 3.05) is 0 Å². The molecule has 100 valence electrons. The molecule has 2 aliphatic carbocycles. The van der Waals surface area contributed by atoms with Crippen molar-refractivity contribution in [3.8, 4) is 0 Å². The molecule has 0 aromatic rings. The summed E-state index contributed by atoms with van der Waals surface area (Å²) in [5, 5.41) is -4.30. The van der Waals surface area contributed by atoms with Gasteiger partial charge in [0.15, 0.2) is 0 Å². The van der Waals surface area contributed by atoms with Gasteiger partial charge in [0.1, 0.15) is 0 Å². The fraction of sp³-hybridized carbons (Fsp3) is 1.00. The molecule has 0 N–H and O–H groups in total. The molecular formula is C9H11ClF4O2S. The molecule has 0 aromatic carbocycles. The minimum atomic E-state index is -5.48. The molecule has 2 saturated carbocycles. The van der Waals surface area contributed by atoms with Gasteiger partial charge in [0.05, 0.1) is 0 Å². The molecule has 0 aromatic heterocycles. The van der Waals surface area contributed by atoms with Gasteiger partial charge in [-0.15, -0.1) is 0 Å². The number of halogens is 5. The Hall–Kier alpha value is -0.0400. The highest BCUT2D eigenvalue weighted by Crippen LogP contribution is 2.59. The first-order chi connectivity index (χ1) is 7.57. The number of hydrogen-bond acceptors (Lipinski definition) is 2. The SMILES string of the molecule is O=S(=O)(Cl)C(F)(C1CC2CCC1C2)C(F)(F)F. The summed E-state index contributed by atoms with van der Waals surface area (Å²) in [6.07, 6.45) is -3.87. The molecular weight excluding hydrogens is 284 g/mol. The van der Waals surface area contributed by atoms with Crippen molar-refractivity contribution in [3.63, 3.8) is 0 Å². The predicted octanol–water partition coefficient (Wildman–Crippen LogP) is 3.22. The minimum absolute atomic E-state index is 0.000826. The van der Waals surface area contributed by atoms with Gasteiger partial charge in [-0.05, 0) is 31.1 Å². The van der Waals surface area contributed by atoms with Gasteiger partial charge in [0, 0.05) is 16.6 Å². The number of hydrogen-bond donors (Lipinski definition) is 0. The Morgan fingerprint density at radius 1 is 1.06 bits per heavy atom. The first kappa shape index (κ1) is 13.4.